The molecule has 2 aliphatic heterocycles. The Morgan fingerprint density at radius 3 is 0.757 bits per heavy atom. The minimum atomic E-state index is -1.44. The zero-order chi connectivity index (χ0) is 53.5. The van der Waals surface area contributed by atoms with Crippen LogP contribution in [-0.4, -0.2) is 49.5 Å². The highest BCUT2D eigenvalue weighted by Crippen LogP contribution is 2.54. The minimum Gasteiger partial charge on any atom is -0.343 e. The molecule has 0 unspecified atom stereocenters. The Hall–Kier alpha value is -7.80. The fourth-order valence-corrected chi connectivity index (χ4v) is 10.9. The molecule has 3 aromatic heterocycles. The van der Waals surface area contributed by atoms with E-state index < -0.39 is 153 Å². The topological polar surface area (TPSA) is 316 Å². The summed E-state index contributed by atoms with van der Waals surface area (Å²) in [7, 11) is 0. The quantitative estimate of drug-likeness (QED) is 0.0950. The van der Waals surface area contributed by atoms with Crippen molar-refractivity contribution in [3.05, 3.63) is 196 Å². The van der Waals surface area contributed by atoms with Crippen LogP contribution in [-0.2, 0) is 0 Å². The van der Waals surface area contributed by atoms with Crippen LogP contribution in [0.5, 0.6) is 0 Å². The number of benzene rings is 4. The summed E-state index contributed by atoms with van der Waals surface area (Å²) in [4.78, 5) is 88.6. The number of fused-ring (bicyclic) bond motifs is 8. The fraction of sp³-hybridized carbons (Fsp3) is 0. The lowest BCUT2D eigenvalue weighted by atomic mass is 10.0. The van der Waals surface area contributed by atoms with Crippen LogP contribution in [0.2, 0.25) is 40.2 Å². The van der Waals surface area contributed by atoms with E-state index in [0.29, 0.717) is 12.2 Å². The normalized spacial score (nSPS) is 12.1. The summed E-state index contributed by atoms with van der Waals surface area (Å²) in [6.07, 6.45) is 1.39. The van der Waals surface area contributed by atoms with Crippen molar-refractivity contribution in [2.75, 3.05) is 0 Å². The molecular formula is C44H16Cl8N10O12. The number of halogens is 8. The Morgan fingerprint density at radius 1 is 0.324 bits per heavy atom. The van der Waals surface area contributed by atoms with Crippen LogP contribution in [0, 0.1) is 60.7 Å². The van der Waals surface area contributed by atoms with Gasteiger partial charge in [0.2, 0.25) is 0 Å². The maximum atomic E-state index is 13.6. The lowest BCUT2D eigenvalue weighted by Crippen LogP contribution is -2.00. The summed E-state index contributed by atoms with van der Waals surface area (Å²) in [6, 6.07) is 15.0. The van der Waals surface area contributed by atoms with E-state index in [1.807, 2.05) is 0 Å². The molecule has 2 N–H and O–H groups in total. The van der Waals surface area contributed by atoms with Gasteiger partial charge in [-0.05, 0) is 48.5 Å². The molecule has 4 aromatic carbocycles. The first-order valence-electron chi connectivity index (χ1n) is 20.1. The number of hydrogen-bond donors (Lipinski definition) is 2. The number of rotatable bonds is 10. The van der Waals surface area contributed by atoms with Gasteiger partial charge in [0.1, 0.15) is 22.1 Å². The first kappa shape index (κ1) is 51.1. The van der Waals surface area contributed by atoms with Gasteiger partial charge < -0.3 is 9.97 Å². The van der Waals surface area contributed by atoms with Crippen molar-refractivity contribution < 1.29 is 29.5 Å². The van der Waals surface area contributed by atoms with E-state index in [9.17, 15) is 60.7 Å². The monoisotopic (exact) mass is 1160 g/mol. The highest BCUT2D eigenvalue weighted by Gasteiger charge is 2.44. The van der Waals surface area contributed by atoms with Crippen molar-refractivity contribution in [2.45, 2.75) is 0 Å². The van der Waals surface area contributed by atoms with Crippen molar-refractivity contribution in [1.82, 2.24) is 19.9 Å². The molecule has 0 atom stereocenters. The van der Waals surface area contributed by atoms with Gasteiger partial charge in [-0.1, -0.05) is 117 Å². The summed E-state index contributed by atoms with van der Waals surface area (Å²) in [5.74, 6) is 0. The molecule has 0 radical (unpaired) electrons. The summed E-state index contributed by atoms with van der Waals surface area (Å²) < 4.78 is 0. The molecular weight excluding hydrogens is 1140 g/mol. The minimum absolute atomic E-state index is 0.349. The highest BCUT2D eigenvalue weighted by molar-refractivity contribution is 6.42. The van der Waals surface area contributed by atoms with Gasteiger partial charge in [-0.2, -0.15) is 0 Å². The van der Waals surface area contributed by atoms with Crippen molar-refractivity contribution in [3.63, 3.8) is 0 Å². The van der Waals surface area contributed by atoms with Crippen molar-refractivity contribution in [2.24, 2.45) is 0 Å². The van der Waals surface area contributed by atoms with E-state index in [4.69, 9.17) is 92.8 Å². The summed E-state index contributed by atoms with van der Waals surface area (Å²) in [5, 5.41) is 78.3. The van der Waals surface area contributed by atoms with E-state index >= 15 is 0 Å². The Labute approximate surface area is 448 Å². The number of nitro groups is 6. The van der Waals surface area contributed by atoms with Crippen LogP contribution >= 0.6 is 92.8 Å². The summed E-state index contributed by atoms with van der Waals surface area (Å²) >= 11 is 54.3. The first-order valence-corrected chi connectivity index (χ1v) is 23.1. The molecule has 0 fully saturated rings. The second-order valence-corrected chi connectivity index (χ2v) is 18.6. The molecule has 0 aliphatic carbocycles. The van der Waals surface area contributed by atoms with Crippen molar-refractivity contribution in [1.29, 1.82) is 0 Å². The van der Waals surface area contributed by atoms with Crippen LogP contribution in [0.15, 0.2) is 72.8 Å². The molecule has 370 valence electrons. The second-order valence-electron chi connectivity index (χ2n) is 15.3. The van der Waals surface area contributed by atoms with E-state index in [0.717, 1.165) is 0 Å². The van der Waals surface area contributed by atoms with Gasteiger partial charge in [0.25, 0.3) is 11.4 Å². The molecule has 8 bridgehead atoms. The predicted octanol–water partition coefficient (Wildman–Crippen LogP) is 15.4. The van der Waals surface area contributed by atoms with Crippen LogP contribution in [0.3, 0.4) is 0 Å². The number of aromatic nitrogens is 4. The molecule has 0 saturated heterocycles. The zero-order valence-electron chi connectivity index (χ0n) is 35.6. The van der Waals surface area contributed by atoms with Gasteiger partial charge in [-0.15, -0.1) is 0 Å². The van der Waals surface area contributed by atoms with Gasteiger partial charge in [-0.25, -0.2) is 9.97 Å². The van der Waals surface area contributed by atoms with E-state index in [2.05, 4.69) is 19.9 Å². The molecule has 30 heteroatoms. The van der Waals surface area contributed by atoms with E-state index in [1.54, 1.807) is 0 Å². The smallest absolute Gasteiger partial charge is 0.343 e. The van der Waals surface area contributed by atoms with E-state index in [-0.39, 0.29) is 40.2 Å². The van der Waals surface area contributed by atoms with Gasteiger partial charge in [0.15, 0.2) is 11.4 Å². The fourth-order valence-electron chi connectivity index (χ4n) is 8.55. The van der Waals surface area contributed by atoms with Gasteiger partial charge in [-0.3, -0.25) is 60.7 Å². The van der Waals surface area contributed by atoms with Crippen LogP contribution in [0.25, 0.3) is 90.1 Å². The van der Waals surface area contributed by atoms with E-state index in [1.165, 1.54) is 72.8 Å². The Bertz CT molecular complexity index is 3730. The third kappa shape index (κ3) is 8.26. The molecule has 74 heavy (non-hydrogen) atoms. The second kappa shape index (κ2) is 19.2. The Kier molecular flexibility index (Phi) is 13.3. The van der Waals surface area contributed by atoms with Crippen LogP contribution in [0.1, 0.15) is 22.8 Å². The van der Waals surface area contributed by atoms with Gasteiger partial charge >= 0.3 is 22.7 Å². The van der Waals surface area contributed by atoms with Crippen LogP contribution < -0.4 is 0 Å². The third-order valence-electron chi connectivity index (χ3n) is 11.4. The van der Waals surface area contributed by atoms with Gasteiger partial charge in [0, 0.05) is 56.7 Å². The largest absolute Gasteiger partial charge is 0.372 e. The maximum absolute atomic E-state index is 13.6. The Morgan fingerprint density at radius 2 is 0.541 bits per heavy atom. The lowest BCUT2D eigenvalue weighted by Gasteiger charge is -2.10. The SMILES string of the molecule is O=[N+]([O-])C1=Cc2nc1c(-c1c(Cl)cccc1Cl)c1[nH]c(c(-c3c(Cl)cccc3Cl)c3nc(c(-c4c(Cl)cccc4Cl)c4[nH]c(c2-c2c(Cl)cccc2Cl)c([N+](=O)[O-])c4[N+](=O)[O-])C([N+](=O)[O-])=C3)c([N+](=O)[O-])c1[N+](=O)[O-]. The Balaban J connectivity index is 1.81. The van der Waals surface area contributed by atoms with Crippen molar-refractivity contribution >= 4 is 161 Å². The molecule has 7 aromatic rings. The molecule has 0 spiro atoms. The zero-order valence-corrected chi connectivity index (χ0v) is 41.6. The molecule has 9 rings (SSSR count). The number of hydrogen-bond acceptors (Lipinski definition) is 14. The molecule has 2 aliphatic rings. The third-order valence-corrected chi connectivity index (χ3v) is 13.9. The molecule has 22 nitrogen and oxygen atoms in total. The van der Waals surface area contributed by atoms with Gasteiger partial charge in [0.05, 0.1) is 81.1 Å². The summed E-state index contributed by atoms with van der Waals surface area (Å²) in [5.41, 5.74) is -19.7. The average molecular weight is 1160 g/mol. The molecule has 0 saturated carbocycles. The molecule has 5 heterocycles. The standard InChI is InChI=1S/C44H16Cl8N10O12/c45-15-5-1-6-16(46)27(15)31-23-13-25(57(63)64)35(53-23)33(29-19(49)9-3-10-20(29)50)40-44(62(73)74)42(60(69)70)38(56-40)32(28-17(47)7-2-8-18(28)48)24-14-26(58(65)66)36(54-24)34(30-21(51)11-4-12-22(30)52)39-43(61(71)72)41(59(67)68)37(31)55-39/h1-14,55-56H. The average Bonchev–Trinajstić information content (AvgIpc) is 4.12. The molecule has 0 amide bonds. The summed E-state index contributed by atoms with van der Waals surface area (Å²) in [6.45, 7) is 0. The lowest BCUT2D eigenvalue weighted by molar-refractivity contribution is -0.419. The number of nitrogens with one attached hydrogen (secondary N) is 2. The maximum Gasteiger partial charge on any atom is 0.372 e. The first-order chi connectivity index (χ1) is 35.0. The van der Waals surface area contributed by atoms with Crippen LogP contribution in [0.4, 0.5) is 22.7 Å². The predicted molar refractivity (Wildman–Crippen MR) is 279 cm³/mol. The number of H-pyrrole nitrogens is 2. The number of aromatic amines is 2. The highest BCUT2D eigenvalue weighted by atomic mass is 35.5. The van der Waals surface area contributed by atoms with Crippen molar-refractivity contribution in [3.8, 4) is 44.5 Å². The number of nitrogens with zero attached hydrogens (tertiary/aromatic N) is 8.